The highest BCUT2D eigenvalue weighted by Gasteiger charge is 2.33. The summed E-state index contributed by atoms with van der Waals surface area (Å²) in [5.41, 5.74) is -0.638. The highest BCUT2D eigenvalue weighted by atomic mass is 79.9. The Kier molecular flexibility index (Phi) is 4.25. The number of aliphatic hydroxyl groups excluding tert-OH is 1. The Balaban J connectivity index is 2.41. The Hall–Kier alpha value is -0.560. The second-order valence-corrected chi connectivity index (χ2v) is 6.38. The van der Waals surface area contributed by atoms with Gasteiger partial charge in [0.25, 0.3) is 0 Å². The number of hydrogen-bond donors (Lipinski definition) is 1. The van der Waals surface area contributed by atoms with Gasteiger partial charge in [-0.2, -0.15) is 13.2 Å². The highest BCUT2D eigenvalue weighted by molar-refractivity contribution is 9.10. The Morgan fingerprint density at radius 3 is 2.42 bits per heavy atom. The third-order valence-corrected chi connectivity index (χ3v) is 4.45. The van der Waals surface area contributed by atoms with Crippen LogP contribution in [0.5, 0.6) is 0 Å². The molecule has 19 heavy (non-hydrogen) atoms. The van der Waals surface area contributed by atoms with E-state index in [1.807, 2.05) is 0 Å². The van der Waals surface area contributed by atoms with Crippen LogP contribution in [0, 0.1) is 0 Å². The summed E-state index contributed by atoms with van der Waals surface area (Å²) >= 11 is 9.73. The van der Waals surface area contributed by atoms with Crippen LogP contribution >= 0.6 is 38.9 Å². The summed E-state index contributed by atoms with van der Waals surface area (Å²) in [5, 5.41) is 10.1. The number of halogens is 5. The van der Waals surface area contributed by atoms with Crippen LogP contribution in [-0.2, 0) is 6.18 Å². The Labute approximate surface area is 124 Å². The molecular weight excluding hydrogens is 365 g/mol. The molecule has 0 aliphatic rings. The summed E-state index contributed by atoms with van der Waals surface area (Å²) in [6, 6.07) is 6.83. The van der Waals surface area contributed by atoms with E-state index in [0.717, 1.165) is 17.4 Å². The van der Waals surface area contributed by atoms with Crippen molar-refractivity contribution in [2.24, 2.45) is 0 Å². The molecule has 2 rings (SSSR count). The Morgan fingerprint density at radius 1 is 1.21 bits per heavy atom. The van der Waals surface area contributed by atoms with Gasteiger partial charge in [0.15, 0.2) is 0 Å². The van der Waals surface area contributed by atoms with E-state index in [4.69, 9.17) is 11.6 Å². The van der Waals surface area contributed by atoms with Crippen LogP contribution in [0.15, 0.2) is 34.8 Å². The van der Waals surface area contributed by atoms with Crippen LogP contribution in [-0.4, -0.2) is 5.11 Å². The zero-order valence-electron chi connectivity index (χ0n) is 9.21. The Morgan fingerprint density at radius 2 is 1.89 bits per heavy atom. The van der Waals surface area contributed by atoms with E-state index < -0.39 is 17.8 Å². The molecule has 0 radical (unpaired) electrons. The van der Waals surface area contributed by atoms with Crippen molar-refractivity contribution in [3.63, 3.8) is 0 Å². The van der Waals surface area contributed by atoms with Gasteiger partial charge in [-0.25, -0.2) is 0 Å². The van der Waals surface area contributed by atoms with Crippen molar-refractivity contribution in [1.29, 1.82) is 0 Å². The summed E-state index contributed by atoms with van der Waals surface area (Å²) in [7, 11) is 0. The molecule has 0 aliphatic heterocycles. The first-order valence-corrected chi connectivity index (χ1v) is 7.07. The average molecular weight is 372 g/mol. The van der Waals surface area contributed by atoms with E-state index in [1.54, 1.807) is 12.1 Å². The second-order valence-electron chi connectivity index (χ2n) is 3.78. The third-order valence-electron chi connectivity index (χ3n) is 2.48. The molecule has 0 saturated heterocycles. The average Bonchev–Trinajstić information content (AvgIpc) is 2.74. The zero-order chi connectivity index (χ0) is 14.2. The number of benzene rings is 1. The largest absolute Gasteiger partial charge is 0.417 e. The van der Waals surface area contributed by atoms with Crippen molar-refractivity contribution in [2.75, 3.05) is 0 Å². The van der Waals surface area contributed by atoms with Gasteiger partial charge in [0, 0.05) is 9.35 Å². The van der Waals surface area contributed by atoms with Crippen molar-refractivity contribution in [2.45, 2.75) is 12.3 Å². The van der Waals surface area contributed by atoms with E-state index in [2.05, 4.69) is 15.9 Å². The first-order valence-electron chi connectivity index (χ1n) is 5.09. The van der Waals surface area contributed by atoms with Crippen LogP contribution in [0.1, 0.15) is 22.1 Å². The molecule has 1 atom stereocenters. The summed E-state index contributed by atoms with van der Waals surface area (Å²) in [5.74, 6) is 0. The van der Waals surface area contributed by atoms with Gasteiger partial charge in [0.05, 0.1) is 9.90 Å². The summed E-state index contributed by atoms with van der Waals surface area (Å²) in [4.78, 5) is 0.500. The number of thiophene rings is 1. The minimum Gasteiger partial charge on any atom is -0.383 e. The van der Waals surface area contributed by atoms with Gasteiger partial charge in [-0.05, 0) is 29.8 Å². The molecule has 0 spiro atoms. The lowest BCUT2D eigenvalue weighted by Crippen LogP contribution is -2.08. The van der Waals surface area contributed by atoms with Crippen molar-refractivity contribution in [3.05, 3.63) is 55.1 Å². The van der Waals surface area contributed by atoms with Gasteiger partial charge in [0.2, 0.25) is 0 Å². The van der Waals surface area contributed by atoms with E-state index >= 15 is 0 Å². The third kappa shape index (κ3) is 3.31. The number of aliphatic hydroxyl groups is 1. The van der Waals surface area contributed by atoms with Gasteiger partial charge in [-0.15, -0.1) is 11.3 Å². The summed E-state index contributed by atoms with van der Waals surface area (Å²) in [6.45, 7) is 0. The van der Waals surface area contributed by atoms with Crippen molar-refractivity contribution >= 4 is 38.9 Å². The molecule has 1 unspecified atom stereocenters. The molecular formula is C12H7BrClF3OS. The van der Waals surface area contributed by atoms with E-state index in [1.165, 1.54) is 12.1 Å². The first kappa shape index (κ1) is 14.8. The van der Waals surface area contributed by atoms with Crippen LogP contribution in [0.2, 0.25) is 4.34 Å². The smallest absolute Gasteiger partial charge is 0.383 e. The van der Waals surface area contributed by atoms with E-state index in [0.29, 0.717) is 9.21 Å². The maximum Gasteiger partial charge on any atom is 0.417 e. The lowest BCUT2D eigenvalue weighted by atomic mass is 10.0. The van der Waals surface area contributed by atoms with Gasteiger partial charge in [-0.1, -0.05) is 33.6 Å². The molecule has 0 bridgehead atoms. The molecule has 1 aromatic heterocycles. The molecule has 0 aliphatic carbocycles. The number of alkyl halides is 3. The van der Waals surface area contributed by atoms with Crippen molar-refractivity contribution in [1.82, 2.24) is 0 Å². The molecule has 1 N–H and O–H groups in total. The van der Waals surface area contributed by atoms with Crippen molar-refractivity contribution < 1.29 is 18.3 Å². The fourth-order valence-corrected chi connectivity index (χ4v) is 3.12. The van der Waals surface area contributed by atoms with E-state index in [-0.39, 0.29) is 10.0 Å². The molecule has 2 aromatic rings. The topological polar surface area (TPSA) is 20.2 Å². The maximum absolute atomic E-state index is 12.8. The van der Waals surface area contributed by atoms with Crippen LogP contribution < -0.4 is 0 Å². The van der Waals surface area contributed by atoms with Crippen LogP contribution in [0.3, 0.4) is 0 Å². The molecule has 0 amide bonds. The monoisotopic (exact) mass is 370 g/mol. The van der Waals surface area contributed by atoms with Gasteiger partial charge < -0.3 is 5.11 Å². The van der Waals surface area contributed by atoms with Crippen LogP contribution in [0.4, 0.5) is 13.2 Å². The lowest BCUT2D eigenvalue weighted by Gasteiger charge is -2.14. The minimum atomic E-state index is -4.47. The summed E-state index contributed by atoms with van der Waals surface area (Å²) in [6.07, 6.45) is -5.59. The molecule has 1 heterocycles. The molecule has 0 saturated carbocycles. The van der Waals surface area contributed by atoms with E-state index in [9.17, 15) is 18.3 Å². The molecule has 7 heteroatoms. The summed E-state index contributed by atoms with van der Waals surface area (Å²) < 4.78 is 38.7. The number of hydrogen-bond acceptors (Lipinski definition) is 2. The van der Waals surface area contributed by atoms with Crippen molar-refractivity contribution in [3.8, 4) is 0 Å². The molecule has 1 nitrogen and oxygen atoms in total. The predicted octanol–water partition coefficient (Wildman–Crippen LogP) is 5.26. The molecule has 0 fully saturated rings. The maximum atomic E-state index is 12.8. The molecule has 1 aromatic carbocycles. The minimum absolute atomic E-state index is 0.0554. The van der Waals surface area contributed by atoms with Gasteiger partial charge >= 0.3 is 6.18 Å². The first-order chi connectivity index (χ1) is 8.79. The van der Waals surface area contributed by atoms with Gasteiger partial charge in [0.1, 0.15) is 6.10 Å². The lowest BCUT2D eigenvalue weighted by molar-refractivity contribution is -0.138. The van der Waals surface area contributed by atoms with Gasteiger partial charge in [-0.3, -0.25) is 0 Å². The SMILES string of the molecule is OC(c1ccc(Br)c(C(F)(F)F)c1)c1ccc(Cl)s1. The Bertz CT molecular complexity index is 597. The fourth-order valence-electron chi connectivity index (χ4n) is 1.57. The highest BCUT2D eigenvalue weighted by Crippen LogP contribution is 2.38. The van der Waals surface area contributed by atoms with Crippen LogP contribution in [0.25, 0.3) is 0 Å². The second kappa shape index (κ2) is 5.44. The fraction of sp³-hybridized carbons (Fsp3) is 0.167. The zero-order valence-corrected chi connectivity index (χ0v) is 12.4. The normalized spacial score (nSPS) is 13.6. The predicted molar refractivity (Wildman–Crippen MR) is 72.5 cm³/mol. The quantitative estimate of drug-likeness (QED) is 0.763. The number of rotatable bonds is 2. The molecule has 102 valence electrons. The standard InChI is InChI=1S/C12H7BrClF3OS/c13-8-2-1-6(5-7(8)12(15,16)17)11(18)9-3-4-10(14)19-9/h1-5,11,18H.